The maximum absolute atomic E-state index is 5.50. The largest absolute Gasteiger partial charge is 0.377 e. The summed E-state index contributed by atoms with van der Waals surface area (Å²) in [5.41, 5.74) is 0.419. The Morgan fingerprint density at radius 1 is 1.46 bits per heavy atom. The van der Waals surface area contributed by atoms with Crippen molar-refractivity contribution < 1.29 is 4.74 Å². The van der Waals surface area contributed by atoms with Crippen molar-refractivity contribution in [1.29, 1.82) is 0 Å². The molecule has 1 rings (SSSR count). The van der Waals surface area contributed by atoms with Gasteiger partial charge in [-0.25, -0.2) is 0 Å². The average Bonchev–Trinajstić information content (AvgIpc) is 2.48. The second kappa shape index (κ2) is 4.43. The van der Waals surface area contributed by atoms with Gasteiger partial charge in [-0.05, 0) is 25.2 Å². The minimum atomic E-state index is 0.396. The molecule has 0 bridgehead atoms. The first-order valence-electron chi connectivity index (χ1n) is 5.40. The van der Waals surface area contributed by atoms with E-state index < -0.39 is 0 Å². The summed E-state index contributed by atoms with van der Waals surface area (Å²) in [6.07, 6.45) is 2.79. The molecular weight excluding hydrogens is 162 g/mol. The molecule has 0 radical (unpaired) electrons. The van der Waals surface area contributed by atoms with E-state index in [0.717, 1.165) is 13.2 Å². The number of ether oxygens (including phenoxy) is 1. The lowest BCUT2D eigenvalue weighted by Gasteiger charge is -2.26. The van der Waals surface area contributed by atoms with Crippen molar-refractivity contribution >= 4 is 0 Å². The zero-order valence-corrected chi connectivity index (χ0v) is 9.39. The minimum absolute atomic E-state index is 0.396. The fourth-order valence-corrected chi connectivity index (χ4v) is 1.53. The highest BCUT2D eigenvalue weighted by molar-refractivity contribution is 4.81. The molecule has 0 spiro atoms. The topological polar surface area (TPSA) is 21.3 Å². The summed E-state index contributed by atoms with van der Waals surface area (Å²) in [5.74, 6) is 0. The summed E-state index contributed by atoms with van der Waals surface area (Å²) in [6, 6.07) is 0.575. The lowest BCUT2D eigenvalue weighted by molar-refractivity contribution is 0.110. The van der Waals surface area contributed by atoms with Gasteiger partial charge in [0.1, 0.15) is 0 Å². The van der Waals surface area contributed by atoms with Crippen LogP contribution in [-0.2, 0) is 4.74 Å². The van der Waals surface area contributed by atoms with E-state index in [4.69, 9.17) is 4.74 Å². The highest BCUT2D eigenvalue weighted by Crippen LogP contribution is 2.20. The van der Waals surface area contributed by atoms with E-state index >= 15 is 0 Å². The SMILES string of the molecule is CCC(C)(C)CNC1CCOC1C. The first kappa shape index (κ1) is 11.0. The van der Waals surface area contributed by atoms with Crippen molar-refractivity contribution in [3.8, 4) is 0 Å². The van der Waals surface area contributed by atoms with Crippen LogP contribution in [0.2, 0.25) is 0 Å². The molecular formula is C11H23NO. The van der Waals surface area contributed by atoms with Gasteiger partial charge in [-0.1, -0.05) is 20.8 Å². The fourth-order valence-electron chi connectivity index (χ4n) is 1.53. The van der Waals surface area contributed by atoms with Crippen LogP contribution < -0.4 is 5.32 Å². The summed E-state index contributed by atoms with van der Waals surface area (Å²) in [6.45, 7) is 11.0. The van der Waals surface area contributed by atoms with Crippen molar-refractivity contribution in [2.24, 2.45) is 5.41 Å². The molecule has 2 heteroatoms. The highest BCUT2D eigenvalue weighted by atomic mass is 16.5. The maximum Gasteiger partial charge on any atom is 0.0700 e. The van der Waals surface area contributed by atoms with Crippen LogP contribution in [0.25, 0.3) is 0 Å². The molecule has 1 N–H and O–H groups in total. The molecule has 13 heavy (non-hydrogen) atoms. The number of hydrogen-bond acceptors (Lipinski definition) is 2. The molecule has 78 valence electrons. The number of hydrogen-bond donors (Lipinski definition) is 1. The van der Waals surface area contributed by atoms with Crippen LogP contribution in [0.3, 0.4) is 0 Å². The zero-order valence-electron chi connectivity index (χ0n) is 9.39. The average molecular weight is 185 g/mol. The first-order valence-corrected chi connectivity index (χ1v) is 5.40. The summed E-state index contributed by atoms with van der Waals surface area (Å²) in [5, 5.41) is 3.60. The number of nitrogens with one attached hydrogen (secondary N) is 1. The van der Waals surface area contributed by atoms with E-state index in [1.54, 1.807) is 0 Å². The standard InChI is InChI=1S/C11H23NO/c1-5-11(3,4)8-12-10-6-7-13-9(10)2/h9-10,12H,5-8H2,1-4H3. The minimum Gasteiger partial charge on any atom is -0.377 e. The fraction of sp³-hybridized carbons (Fsp3) is 1.00. The van der Waals surface area contributed by atoms with Crippen LogP contribution >= 0.6 is 0 Å². The van der Waals surface area contributed by atoms with Crippen LogP contribution in [0.4, 0.5) is 0 Å². The Bertz CT molecular complexity index is 156. The molecule has 1 aliphatic rings. The molecule has 0 aromatic heterocycles. The molecule has 0 saturated carbocycles. The predicted octanol–water partition coefficient (Wildman–Crippen LogP) is 2.19. The Morgan fingerprint density at radius 3 is 2.62 bits per heavy atom. The molecule has 0 amide bonds. The molecule has 1 fully saturated rings. The van der Waals surface area contributed by atoms with Crippen LogP contribution in [0.5, 0.6) is 0 Å². The van der Waals surface area contributed by atoms with Gasteiger partial charge < -0.3 is 10.1 Å². The monoisotopic (exact) mass is 185 g/mol. The molecule has 0 aliphatic carbocycles. The van der Waals surface area contributed by atoms with Crippen molar-refractivity contribution in [1.82, 2.24) is 5.32 Å². The van der Waals surface area contributed by atoms with Gasteiger partial charge >= 0.3 is 0 Å². The van der Waals surface area contributed by atoms with Gasteiger partial charge in [0, 0.05) is 19.2 Å². The van der Waals surface area contributed by atoms with Crippen LogP contribution in [0.15, 0.2) is 0 Å². The van der Waals surface area contributed by atoms with Crippen LogP contribution in [0, 0.1) is 5.41 Å². The summed E-state index contributed by atoms with van der Waals surface area (Å²) in [7, 11) is 0. The lowest BCUT2D eigenvalue weighted by atomic mass is 9.90. The Labute approximate surface area is 82.0 Å². The van der Waals surface area contributed by atoms with Crippen molar-refractivity contribution in [2.75, 3.05) is 13.2 Å². The molecule has 1 aliphatic heterocycles. The van der Waals surface area contributed by atoms with Gasteiger partial charge in [0.05, 0.1) is 6.10 Å². The second-order valence-electron chi connectivity index (χ2n) is 4.87. The van der Waals surface area contributed by atoms with Crippen LogP contribution in [-0.4, -0.2) is 25.3 Å². The van der Waals surface area contributed by atoms with Crippen molar-refractivity contribution in [3.63, 3.8) is 0 Å². The summed E-state index contributed by atoms with van der Waals surface area (Å²) < 4.78 is 5.50. The number of rotatable bonds is 4. The molecule has 2 nitrogen and oxygen atoms in total. The van der Waals surface area contributed by atoms with Gasteiger partial charge in [0.15, 0.2) is 0 Å². The van der Waals surface area contributed by atoms with Gasteiger partial charge in [-0.2, -0.15) is 0 Å². The van der Waals surface area contributed by atoms with E-state index in [1.807, 2.05) is 0 Å². The van der Waals surface area contributed by atoms with Gasteiger partial charge in [0.25, 0.3) is 0 Å². The van der Waals surface area contributed by atoms with Crippen molar-refractivity contribution in [2.45, 2.75) is 52.7 Å². The lowest BCUT2D eigenvalue weighted by Crippen LogP contribution is -2.40. The third-order valence-electron chi connectivity index (χ3n) is 3.18. The van der Waals surface area contributed by atoms with Gasteiger partial charge in [-0.3, -0.25) is 0 Å². The molecule has 1 saturated heterocycles. The van der Waals surface area contributed by atoms with Crippen molar-refractivity contribution in [3.05, 3.63) is 0 Å². The maximum atomic E-state index is 5.50. The van der Waals surface area contributed by atoms with E-state index in [-0.39, 0.29) is 0 Å². The Morgan fingerprint density at radius 2 is 2.15 bits per heavy atom. The van der Waals surface area contributed by atoms with E-state index in [0.29, 0.717) is 17.6 Å². The summed E-state index contributed by atoms with van der Waals surface area (Å²) in [4.78, 5) is 0. The van der Waals surface area contributed by atoms with Crippen LogP contribution in [0.1, 0.15) is 40.5 Å². The highest BCUT2D eigenvalue weighted by Gasteiger charge is 2.25. The Hall–Kier alpha value is -0.0800. The Balaban J connectivity index is 2.25. The zero-order chi connectivity index (χ0) is 9.90. The van der Waals surface area contributed by atoms with E-state index in [1.165, 1.54) is 12.8 Å². The molecule has 0 aromatic carbocycles. The molecule has 2 unspecified atom stereocenters. The summed E-state index contributed by atoms with van der Waals surface area (Å²) >= 11 is 0. The third kappa shape index (κ3) is 3.28. The predicted molar refractivity (Wildman–Crippen MR) is 55.9 cm³/mol. The first-order chi connectivity index (χ1) is 6.05. The van der Waals surface area contributed by atoms with E-state index in [2.05, 4.69) is 33.0 Å². The normalized spacial score (nSPS) is 29.5. The quantitative estimate of drug-likeness (QED) is 0.725. The second-order valence-corrected chi connectivity index (χ2v) is 4.87. The smallest absolute Gasteiger partial charge is 0.0700 e. The van der Waals surface area contributed by atoms with Gasteiger partial charge in [0.2, 0.25) is 0 Å². The molecule has 2 atom stereocenters. The Kier molecular flexibility index (Phi) is 3.74. The third-order valence-corrected chi connectivity index (χ3v) is 3.18. The van der Waals surface area contributed by atoms with Gasteiger partial charge in [-0.15, -0.1) is 0 Å². The molecule has 0 aromatic rings. The molecule has 1 heterocycles. The van der Waals surface area contributed by atoms with E-state index in [9.17, 15) is 0 Å².